The molecule has 11 heteroatoms. The average Bonchev–Trinajstić information content (AvgIpc) is 3.31. The summed E-state index contributed by atoms with van der Waals surface area (Å²) in [6.45, 7) is 1.56. The Morgan fingerprint density at radius 1 is 1.19 bits per heavy atom. The quantitative estimate of drug-likeness (QED) is 0.471. The van der Waals surface area contributed by atoms with Crippen LogP contribution in [0.3, 0.4) is 0 Å². The molecular weight excluding hydrogens is 467 g/mol. The number of hydrogen-bond donors (Lipinski definition) is 2. The number of ether oxygens (including phenoxy) is 2. The fourth-order valence-electron chi connectivity index (χ4n) is 2.67. The maximum atomic E-state index is 12.6. The second-order valence-electron chi connectivity index (χ2n) is 6.20. The topological polar surface area (TPSA) is 121 Å². The molecule has 0 saturated heterocycles. The van der Waals surface area contributed by atoms with Crippen LogP contribution in [-0.2, 0) is 11.3 Å². The normalized spacial score (nSPS) is 10.6. The van der Waals surface area contributed by atoms with Gasteiger partial charge in [0, 0.05) is 5.02 Å². The molecule has 0 spiro atoms. The zero-order valence-corrected chi connectivity index (χ0v) is 18.6. The molecule has 0 aliphatic heterocycles. The van der Waals surface area contributed by atoms with E-state index in [1.54, 1.807) is 31.2 Å². The van der Waals surface area contributed by atoms with Crippen LogP contribution < -0.4 is 15.8 Å². The van der Waals surface area contributed by atoms with Crippen molar-refractivity contribution in [1.82, 2.24) is 0 Å². The molecule has 2 aromatic heterocycles. The predicted octanol–water partition coefficient (Wildman–Crippen LogP) is 4.67. The number of nitrogens with one attached hydrogen (secondary N) is 1. The highest BCUT2D eigenvalue weighted by Crippen LogP contribution is 2.34. The summed E-state index contributed by atoms with van der Waals surface area (Å²) < 4.78 is 15.8. The number of carbonyl (C=O) groups is 3. The van der Waals surface area contributed by atoms with E-state index in [0.29, 0.717) is 27.1 Å². The minimum atomic E-state index is -0.716. The second-order valence-corrected chi connectivity index (χ2v) is 8.06. The van der Waals surface area contributed by atoms with Crippen LogP contribution in [0.2, 0.25) is 10.0 Å². The van der Waals surface area contributed by atoms with Crippen molar-refractivity contribution in [3.05, 3.63) is 67.9 Å². The summed E-state index contributed by atoms with van der Waals surface area (Å²) in [6, 6.07) is 7.80. The highest BCUT2D eigenvalue weighted by molar-refractivity contribution is 7.18. The fraction of sp³-hybridized carbons (Fsp3) is 0.150. The second kappa shape index (κ2) is 9.42. The summed E-state index contributed by atoms with van der Waals surface area (Å²) in [7, 11) is 1.20. The molecule has 0 saturated carbocycles. The molecule has 0 atom stereocenters. The summed E-state index contributed by atoms with van der Waals surface area (Å²) >= 11 is 12.8. The lowest BCUT2D eigenvalue weighted by molar-refractivity contribution is 0.0601. The summed E-state index contributed by atoms with van der Waals surface area (Å²) in [6.07, 6.45) is 0. The van der Waals surface area contributed by atoms with Crippen LogP contribution >= 0.6 is 34.5 Å². The monoisotopic (exact) mass is 482 g/mol. The maximum absolute atomic E-state index is 12.6. The first kappa shape index (κ1) is 22.7. The Balaban J connectivity index is 1.75. The number of halogens is 2. The lowest BCUT2D eigenvalue weighted by Gasteiger charge is -2.06. The van der Waals surface area contributed by atoms with Crippen molar-refractivity contribution in [3.63, 3.8) is 0 Å². The molecule has 3 aromatic rings. The highest BCUT2D eigenvalue weighted by Gasteiger charge is 2.26. The Morgan fingerprint density at radius 3 is 2.58 bits per heavy atom. The average molecular weight is 483 g/mol. The molecule has 0 aliphatic rings. The highest BCUT2D eigenvalue weighted by atomic mass is 35.5. The van der Waals surface area contributed by atoms with E-state index in [9.17, 15) is 14.4 Å². The van der Waals surface area contributed by atoms with Crippen LogP contribution in [0.5, 0.6) is 5.75 Å². The molecule has 0 radical (unpaired) electrons. The van der Waals surface area contributed by atoms with Gasteiger partial charge in [0.05, 0.1) is 22.6 Å². The number of anilines is 1. The van der Waals surface area contributed by atoms with E-state index in [1.165, 1.54) is 13.2 Å². The Hall–Kier alpha value is -3.01. The van der Waals surface area contributed by atoms with Crippen molar-refractivity contribution in [1.29, 1.82) is 0 Å². The Morgan fingerprint density at radius 2 is 1.94 bits per heavy atom. The van der Waals surface area contributed by atoms with Gasteiger partial charge in [-0.05, 0) is 42.8 Å². The molecule has 3 N–H and O–H groups in total. The third-order valence-corrected chi connectivity index (χ3v) is 5.89. The molecule has 162 valence electrons. The van der Waals surface area contributed by atoms with Gasteiger partial charge in [0.1, 0.15) is 23.1 Å². The lowest BCUT2D eigenvalue weighted by atomic mass is 10.1. The van der Waals surface area contributed by atoms with Gasteiger partial charge in [-0.2, -0.15) is 0 Å². The molecule has 0 unspecified atom stereocenters. The van der Waals surface area contributed by atoms with Crippen molar-refractivity contribution in [3.8, 4) is 5.75 Å². The summed E-state index contributed by atoms with van der Waals surface area (Å²) in [5.41, 5.74) is 5.73. The molecule has 1 aromatic carbocycles. The minimum absolute atomic E-state index is 0.0198. The van der Waals surface area contributed by atoms with Crippen molar-refractivity contribution in [2.75, 3.05) is 12.4 Å². The van der Waals surface area contributed by atoms with E-state index in [1.807, 2.05) is 0 Å². The maximum Gasteiger partial charge on any atom is 0.341 e. The van der Waals surface area contributed by atoms with Gasteiger partial charge in [-0.15, -0.1) is 11.3 Å². The minimum Gasteiger partial charge on any atom is -0.484 e. The van der Waals surface area contributed by atoms with E-state index >= 15 is 0 Å². The van der Waals surface area contributed by atoms with Gasteiger partial charge in [-0.1, -0.05) is 23.2 Å². The zero-order chi connectivity index (χ0) is 22.7. The van der Waals surface area contributed by atoms with Crippen molar-refractivity contribution in [2.24, 2.45) is 5.73 Å². The lowest BCUT2D eigenvalue weighted by Crippen LogP contribution is -2.14. The Labute approximate surface area is 190 Å². The van der Waals surface area contributed by atoms with Gasteiger partial charge in [0.15, 0.2) is 5.76 Å². The third-order valence-electron chi connectivity index (χ3n) is 4.14. The molecule has 2 heterocycles. The molecule has 0 fully saturated rings. The Kier molecular flexibility index (Phi) is 6.89. The molecule has 3 rings (SSSR count). The predicted molar refractivity (Wildman–Crippen MR) is 116 cm³/mol. The standard InChI is InChI=1S/C20H16Cl2N2O6S/c1-9-15(20(27)28-2)19(31-16(9)17(23)25)24-18(26)14-6-4-11(30-14)8-29-13-5-3-10(21)7-12(13)22/h3-7H,8H2,1-2H3,(H2,23,25)(H,24,26). The number of thiophene rings is 1. The number of nitrogens with two attached hydrogens (primary N) is 1. The van der Waals surface area contributed by atoms with E-state index in [-0.39, 0.29) is 27.8 Å². The number of methoxy groups -OCH3 is 1. The van der Waals surface area contributed by atoms with Crippen molar-refractivity contribution in [2.45, 2.75) is 13.5 Å². The van der Waals surface area contributed by atoms with E-state index in [2.05, 4.69) is 5.32 Å². The van der Waals surface area contributed by atoms with Gasteiger partial charge >= 0.3 is 5.97 Å². The summed E-state index contributed by atoms with van der Waals surface area (Å²) in [4.78, 5) is 36.5. The first-order valence-electron chi connectivity index (χ1n) is 8.70. The molecular formula is C20H16Cl2N2O6S. The van der Waals surface area contributed by atoms with Crippen LogP contribution in [0.4, 0.5) is 5.00 Å². The van der Waals surface area contributed by atoms with Crippen LogP contribution in [-0.4, -0.2) is 24.9 Å². The van der Waals surface area contributed by atoms with Crippen LogP contribution in [0.1, 0.15) is 41.9 Å². The number of rotatable bonds is 7. The van der Waals surface area contributed by atoms with Crippen LogP contribution in [0.25, 0.3) is 0 Å². The van der Waals surface area contributed by atoms with Gasteiger partial charge in [0.2, 0.25) is 0 Å². The van der Waals surface area contributed by atoms with Crippen molar-refractivity contribution >= 4 is 57.3 Å². The molecule has 0 bridgehead atoms. The summed E-state index contributed by atoms with van der Waals surface area (Å²) in [5, 5.41) is 3.51. The van der Waals surface area contributed by atoms with Crippen molar-refractivity contribution < 1.29 is 28.3 Å². The number of furan rings is 1. The van der Waals surface area contributed by atoms with Gasteiger partial charge < -0.3 is 24.9 Å². The number of amides is 2. The number of primary amides is 1. The van der Waals surface area contributed by atoms with Gasteiger partial charge in [-0.3, -0.25) is 9.59 Å². The largest absolute Gasteiger partial charge is 0.484 e. The number of hydrogen-bond acceptors (Lipinski definition) is 7. The number of esters is 1. The molecule has 8 nitrogen and oxygen atoms in total. The molecule has 31 heavy (non-hydrogen) atoms. The van der Waals surface area contributed by atoms with Crippen LogP contribution in [0.15, 0.2) is 34.7 Å². The van der Waals surface area contributed by atoms with E-state index in [4.69, 9.17) is 42.8 Å². The first-order chi connectivity index (χ1) is 14.7. The van der Waals surface area contributed by atoms with E-state index in [0.717, 1.165) is 11.3 Å². The first-order valence-corrected chi connectivity index (χ1v) is 10.3. The molecule has 2 amide bonds. The summed E-state index contributed by atoms with van der Waals surface area (Å²) in [5.74, 6) is -1.30. The fourth-order valence-corrected chi connectivity index (χ4v) is 4.17. The SMILES string of the molecule is COC(=O)c1c(NC(=O)c2ccc(COc3ccc(Cl)cc3Cl)o2)sc(C(N)=O)c1C. The smallest absolute Gasteiger partial charge is 0.341 e. The van der Waals surface area contributed by atoms with Gasteiger partial charge in [-0.25, -0.2) is 4.79 Å². The van der Waals surface area contributed by atoms with E-state index < -0.39 is 17.8 Å². The zero-order valence-electron chi connectivity index (χ0n) is 16.3. The third kappa shape index (κ3) is 5.01. The van der Waals surface area contributed by atoms with Crippen LogP contribution in [0, 0.1) is 6.92 Å². The Bertz CT molecular complexity index is 1170. The molecule has 0 aliphatic carbocycles. The number of carbonyl (C=O) groups excluding carboxylic acids is 3. The number of benzene rings is 1. The van der Waals surface area contributed by atoms with Gasteiger partial charge in [0.25, 0.3) is 11.8 Å².